The topological polar surface area (TPSA) is 15.3 Å². The fourth-order valence-corrected chi connectivity index (χ4v) is 2.37. The number of hydrogen-bond donors (Lipinski definition) is 1. The summed E-state index contributed by atoms with van der Waals surface area (Å²) in [5, 5.41) is 3.56. The highest BCUT2D eigenvalue weighted by molar-refractivity contribution is 4.80. The summed E-state index contributed by atoms with van der Waals surface area (Å²) >= 11 is 0. The maximum atomic E-state index is 3.56. The van der Waals surface area contributed by atoms with E-state index in [-0.39, 0.29) is 0 Å². The average Bonchev–Trinajstić information content (AvgIpc) is 2.49. The zero-order chi connectivity index (χ0) is 9.10. The number of rotatable bonds is 4. The molecule has 2 aliphatic rings. The molecular weight excluding hydrogens is 160 g/mol. The van der Waals surface area contributed by atoms with E-state index in [0.29, 0.717) is 0 Å². The van der Waals surface area contributed by atoms with Crippen LogP contribution in [0.4, 0.5) is 0 Å². The molecule has 1 aliphatic carbocycles. The molecule has 1 unspecified atom stereocenters. The van der Waals surface area contributed by atoms with E-state index in [2.05, 4.69) is 17.3 Å². The van der Waals surface area contributed by atoms with Crippen LogP contribution in [-0.2, 0) is 0 Å². The van der Waals surface area contributed by atoms with Crippen molar-refractivity contribution in [2.45, 2.75) is 50.6 Å². The minimum absolute atomic E-state index is 0.822. The highest BCUT2D eigenvalue weighted by Crippen LogP contribution is 2.23. The second kappa shape index (κ2) is 4.43. The normalized spacial score (nSPS) is 29.5. The number of nitrogens with one attached hydrogen (secondary N) is 1. The molecular formula is C11H22N2. The Morgan fingerprint density at radius 1 is 1.23 bits per heavy atom. The number of hydrogen-bond acceptors (Lipinski definition) is 2. The van der Waals surface area contributed by atoms with Crippen LogP contribution in [0.15, 0.2) is 0 Å². The average molecular weight is 182 g/mol. The van der Waals surface area contributed by atoms with Gasteiger partial charge in [0.1, 0.15) is 0 Å². The van der Waals surface area contributed by atoms with Gasteiger partial charge in [-0.1, -0.05) is 6.42 Å². The first-order valence-corrected chi connectivity index (χ1v) is 5.80. The summed E-state index contributed by atoms with van der Waals surface area (Å²) in [4.78, 5) is 2.56. The smallest absolute Gasteiger partial charge is 0.00922 e. The molecule has 13 heavy (non-hydrogen) atoms. The summed E-state index contributed by atoms with van der Waals surface area (Å²) in [7, 11) is 2.29. The van der Waals surface area contributed by atoms with Gasteiger partial charge in [-0.3, -0.25) is 0 Å². The Bertz CT molecular complexity index is 148. The van der Waals surface area contributed by atoms with E-state index in [1.807, 2.05) is 0 Å². The molecule has 0 radical (unpaired) electrons. The summed E-state index contributed by atoms with van der Waals surface area (Å²) in [6, 6.07) is 1.74. The summed E-state index contributed by atoms with van der Waals surface area (Å²) in [6.07, 6.45) is 8.48. The summed E-state index contributed by atoms with van der Waals surface area (Å²) < 4.78 is 0. The molecule has 0 aromatic carbocycles. The molecule has 0 amide bonds. The second-order valence-corrected chi connectivity index (χ2v) is 4.65. The van der Waals surface area contributed by atoms with Crippen LogP contribution in [0, 0.1) is 0 Å². The van der Waals surface area contributed by atoms with Gasteiger partial charge in [0.15, 0.2) is 0 Å². The van der Waals surface area contributed by atoms with Crippen LogP contribution in [0.2, 0.25) is 0 Å². The van der Waals surface area contributed by atoms with Gasteiger partial charge in [0, 0.05) is 12.1 Å². The second-order valence-electron chi connectivity index (χ2n) is 4.65. The van der Waals surface area contributed by atoms with Crippen molar-refractivity contribution in [2.24, 2.45) is 0 Å². The first-order valence-electron chi connectivity index (χ1n) is 5.80. The van der Waals surface area contributed by atoms with Crippen LogP contribution in [-0.4, -0.2) is 37.1 Å². The summed E-state index contributed by atoms with van der Waals surface area (Å²) in [6.45, 7) is 2.54. The third-order valence-electron chi connectivity index (χ3n) is 3.69. The Kier molecular flexibility index (Phi) is 3.23. The molecule has 0 spiro atoms. The molecule has 2 fully saturated rings. The van der Waals surface area contributed by atoms with E-state index in [1.54, 1.807) is 0 Å². The molecule has 0 bridgehead atoms. The van der Waals surface area contributed by atoms with Crippen molar-refractivity contribution in [3.8, 4) is 0 Å². The molecule has 2 rings (SSSR count). The monoisotopic (exact) mass is 182 g/mol. The highest BCUT2D eigenvalue weighted by atomic mass is 15.1. The molecule has 0 aromatic rings. The molecule has 2 nitrogen and oxygen atoms in total. The van der Waals surface area contributed by atoms with Crippen LogP contribution < -0.4 is 5.32 Å². The van der Waals surface area contributed by atoms with E-state index in [0.717, 1.165) is 12.1 Å². The van der Waals surface area contributed by atoms with Crippen LogP contribution in [0.3, 0.4) is 0 Å². The molecule has 1 aliphatic heterocycles. The standard InChI is InChI=1S/C11H22N2/c1-13(11-5-2-6-11)9-7-10-4-3-8-12-10/h10-12H,2-9H2,1H3. The Hall–Kier alpha value is -0.0800. The lowest BCUT2D eigenvalue weighted by Gasteiger charge is -2.35. The summed E-state index contributed by atoms with van der Waals surface area (Å²) in [5.41, 5.74) is 0. The molecule has 0 aromatic heterocycles. The van der Waals surface area contributed by atoms with Crippen LogP contribution in [0.25, 0.3) is 0 Å². The first kappa shape index (κ1) is 9.47. The van der Waals surface area contributed by atoms with Gasteiger partial charge in [-0.15, -0.1) is 0 Å². The van der Waals surface area contributed by atoms with E-state index >= 15 is 0 Å². The molecule has 76 valence electrons. The fourth-order valence-electron chi connectivity index (χ4n) is 2.37. The van der Waals surface area contributed by atoms with Gasteiger partial charge in [-0.05, 0) is 52.2 Å². The van der Waals surface area contributed by atoms with Crippen molar-refractivity contribution in [3.63, 3.8) is 0 Å². The van der Waals surface area contributed by atoms with Crippen LogP contribution >= 0.6 is 0 Å². The van der Waals surface area contributed by atoms with E-state index in [1.165, 1.54) is 51.6 Å². The van der Waals surface area contributed by atoms with Crippen molar-refractivity contribution in [1.82, 2.24) is 10.2 Å². The van der Waals surface area contributed by atoms with Crippen molar-refractivity contribution in [2.75, 3.05) is 20.1 Å². The minimum Gasteiger partial charge on any atom is -0.314 e. The van der Waals surface area contributed by atoms with Gasteiger partial charge < -0.3 is 10.2 Å². The zero-order valence-electron chi connectivity index (χ0n) is 8.76. The first-order chi connectivity index (χ1) is 6.36. The number of nitrogens with zero attached hydrogens (tertiary/aromatic N) is 1. The molecule has 1 N–H and O–H groups in total. The van der Waals surface area contributed by atoms with Gasteiger partial charge >= 0.3 is 0 Å². The third kappa shape index (κ3) is 2.44. The lowest BCUT2D eigenvalue weighted by atomic mass is 9.91. The zero-order valence-corrected chi connectivity index (χ0v) is 8.76. The van der Waals surface area contributed by atoms with Crippen molar-refractivity contribution < 1.29 is 0 Å². The predicted molar refractivity (Wildman–Crippen MR) is 55.9 cm³/mol. The summed E-state index contributed by atoms with van der Waals surface area (Å²) in [5.74, 6) is 0. The van der Waals surface area contributed by atoms with Crippen LogP contribution in [0.5, 0.6) is 0 Å². The van der Waals surface area contributed by atoms with Gasteiger partial charge in [-0.25, -0.2) is 0 Å². The highest BCUT2D eigenvalue weighted by Gasteiger charge is 2.22. The largest absolute Gasteiger partial charge is 0.314 e. The SMILES string of the molecule is CN(CCC1CCCN1)C1CCC1. The maximum absolute atomic E-state index is 3.56. The van der Waals surface area contributed by atoms with Crippen LogP contribution in [0.1, 0.15) is 38.5 Å². The minimum atomic E-state index is 0.822. The van der Waals surface area contributed by atoms with Gasteiger partial charge in [-0.2, -0.15) is 0 Å². The molecule has 1 saturated carbocycles. The third-order valence-corrected chi connectivity index (χ3v) is 3.69. The van der Waals surface area contributed by atoms with Crippen molar-refractivity contribution >= 4 is 0 Å². The fraction of sp³-hybridized carbons (Fsp3) is 1.00. The molecule has 1 heterocycles. The van der Waals surface area contributed by atoms with Crippen molar-refractivity contribution in [1.29, 1.82) is 0 Å². The lowest BCUT2D eigenvalue weighted by Crippen LogP contribution is -2.39. The van der Waals surface area contributed by atoms with E-state index < -0.39 is 0 Å². The van der Waals surface area contributed by atoms with Gasteiger partial charge in [0.25, 0.3) is 0 Å². The molecule has 1 saturated heterocycles. The quantitative estimate of drug-likeness (QED) is 0.710. The van der Waals surface area contributed by atoms with Crippen molar-refractivity contribution in [3.05, 3.63) is 0 Å². The Morgan fingerprint density at radius 3 is 2.62 bits per heavy atom. The van der Waals surface area contributed by atoms with Gasteiger partial charge in [0.2, 0.25) is 0 Å². The predicted octanol–water partition coefficient (Wildman–Crippen LogP) is 1.61. The Labute approximate surface area is 81.7 Å². The molecule has 1 atom stereocenters. The maximum Gasteiger partial charge on any atom is 0.00922 e. The Morgan fingerprint density at radius 2 is 2.08 bits per heavy atom. The van der Waals surface area contributed by atoms with E-state index in [4.69, 9.17) is 0 Å². The van der Waals surface area contributed by atoms with Gasteiger partial charge in [0.05, 0.1) is 0 Å². The van der Waals surface area contributed by atoms with E-state index in [9.17, 15) is 0 Å². The Balaban J connectivity index is 1.60. The molecule has 2 heteroatoms. The lowest BCUT2D eigenvalue weighted by molar-refractivity contribution is 0.154.